The van der Waals surface area contributed by atoms with E-state index in [1.165, 1.54) is 31.4 Å². The maximum absolute atomic E-state index is 12.4. The first-order valence-corrected chi connectivity index (χ1v) is 9.79. The number of likely N-dealkylation sites (N-methyl/N-ethyl adjacent to an activating group) is 1. The van der Waals surface area contributed by atoms with Gasteiger partial charge in [0.2, 0.25) is 0 Å². The average Bonchev–Trinajstić information content (AvgIpc) is 3.10. The van der Waals surface area contributed by atoms with Crippen molar-refractivity contribution in [3.63, 3.8) is 0 Å². The number of ether oxygens (including phenoxy) is 1. The second kappa shape index (κ2) is 9.44. The van der Waals surface area contributed by atoms with Gasteiger partial charge in [-0.2, -0.15) is 0 Å². The molecule has 1 atom stereocenters. The lowest BCUT2D eigenvalue weighted by atomic mass is 10.0. The lowest BCUT2D eigenvalue weighted by Crippen LogP contribution is -2.40. The van der Waals surface area contributed by atoms with Crippen LogP contribution >= 0.6 is 0 Å². The van der Waals surface area contributed by atoms with E-state index in [-0.39, 0.29) is 12.6 Å². The summed E-state index contributed by atoms with van der Waals surface area (Å²) in [4.78, 5) is 38.2. The Balaban J connectivity index is 1.66. The third-order valence-electron chi connectivity index (χ3n) is 5.14. The van der Waals surface area contributed by atoms with E-state index >= 15 is 0 Å². The Morgan fingerprint density at radius 1 is 1.03 bits per heavy atom. The molecular formula is C23H26N4O4. The van der Waals surface area contributed by atoms with Gasteiger partial charge in [0, 0.05) is 36.4 Å². The molecule has 8 heteroatoms. The van der Waals surface area contributed by atoms with Crippen LogP contribution in [0.4, 0.5) is 5.69 Å². The number of hydrogen-bond donors (Lipinski definition) is 2. The van der Waals surface area contributed by atoms with Crippen molar-refractivity contribution in [1.82, 2.24) is 14.8 Å². The number of hydrogen-bond acceptors (Lipinski definition) is 5. The first-order chi connectivity index (χ1) is 14.8. The van der Waals surface area contributed by atoms with E-state index in [0.717, 1.165) is 16.5 Å². The van der Waals surface area contributed by atoms with E-state index in [0.29, 0.717) is 11.3 Å². The number of para-hydroxylation sites is 1. The lowest BCUT2D eigenvalue weighted by molar-refractivity contribution is -0.136. The second-order valence-corrected chi connectivity index (χ2v) is 7.42. The van der Waals surface area contributed by atoms with Gasteiger partial charge in [0.1, 0.15) is 0 Å². The molecule has 1 heterocycles. The fourth-order valence-corrected chi connectivity index (χ4v) is 3.47. The number of benzene rings is 2. The number of anilines is 1. The number of carbonyl (C=O) groups is 3. The Kier molecular flexibility index (Phi) is 6.71. The van der Waals surface area contributed by atoms with Gasteiger partial charge in [0.05, 0.1) is 18.7 Å². The highest BCUT2D eigenvalue weighted by molar-refractivity contribution is 6.39. The summed E-state index contributed by atoms with van der Waals surface area (Å²) < 4.78 is 6.69. The molecule has 3 rings (SSSR count). The summed E-state index contributed by atoms with van der Waals surface area (Å²) in [7, 11) is 7.14. The van der Waals surface area contributed by atoms with E-state index in [9.17, 15) is 14.4 Å². The molecule has 0 aliphatic heterocycles. The Morgan fingerprint density at radius 2 is 1.71 bits per heavy atom. The van der Waals surface area contributed by atoms with Gasteiger partial charge in [0.15, 0.2) is 0 Å². The molecule has 2 aromatic carbocycles. The standard InChI is InChI=1S/C23H26N4O4/c1-26(2)20(18-14-27(3)19-8-6-5-7-17(18)19)13-24-21(28)22(29)25-16-11-9-15(10-12-16)23(30)31-4/h5-12,14,20H,13H2,1-4H3,(H,24,28)(H,25,29). The number of carbonyl (C=O) groups excluding carboxylic acids is 3. The van der Waals surface area contributed by atoms with E-state index in [1.807, 2.05) is 61.1 Å². The monoisotopic (exact) mass is 422 g/mol. The summed E-state index contributed by atoms with van der Waals surface area (Å²) in [5, 5.41) is 6.36. The first kappa shape index (κ1) is 22.0. The highest BCUT2D eigenvalue weighted by atomic mass is 16.5. The molecule has 0 saturated heterocycles. The molecule has 0 bridgehead atoms. The summed E-state index contributed by atoms with van der Waals surface area (Å²) in [6.45, 7) is 0.272. The van der Waals surface area contributed by atoms with Gasteiger partial charge in [-0.05, 0) is 50.0 Å². The molecule has 0 spiro atoms. The maximum atomic E-state index is 12.4. The van der Waals surface area contributed by atoms with E-state index in [1.54, 1.807) is 0 Å². The van der Waals surface area contributed by atoms with Gasteiger partial charge < -0.3 is 24.8 Å². The summed E-state index contributed by atoms with van der Waals surface area (Å²) in [6, 6.07) is 14.1. The van der Waals surface area contributed by atoms with Crippen LogP contribution in [0.1, 0.15) is 22.0 Å². The topological polar surface area (TPSA) is 92.7 Å². The summed E-state index contributed by atoms with van der Waals surface area (Å²) in [5.74, 6) is -1.98. The van der Waals surface area contributed by atoms with Crippen molar-refractivity contribution in [2.45, 2.75) is 6.04 Å². The molecule has 3 aromatic rings. The Labute approximate surface area is 180 Å². The fraction of sp³-hybridized carbons (Fsp3) is 0.261. The molecule has 2 amide bonds. The zero-order valence-corrected chi connectivity index (χ0v) is 18.0. The molecule has 1 unspecified atom stereocenters. The number of methoxy groups -OCH3 is 1. The molecule has 0 aliphatic rings. The van der Waals surface area contributed by atoms with Crippen LogP contribution in [0, 0.1) is 0 Å². The molecule has 8 nitrogen and oxygen atoms in total. The Hall–Kier alpha value is -3.65. The molecule has 31 heavy (non-hydrogen) atoms. The van der Waals surface area contributed by atoms with Gasteiger partial charge in [-0.3, -0.25) is 9.59 Å². The fourth-order valence-electron chi connectivity index (χ4n) is 3.47. The van der Waals surface area contributed by atoms with Crippen molar-refractivity contribution in [3.05, 3.63) is 65.9 Å². The predicted octanol–water partition coefficient (Wildman–Crippen LogP) is 2.32. The SMILES string of the molecule is COC(=O)c1ccc(NC(=O)C(=O)NCC(c2cn(C)c3ccccc23)N(C)C)cc1. The van der Waals surface area contributed by atoms with Crippen LogP contribution < -0.4 is 10.6 Å². The molecule has 2 N–H and O–H groups in total. The van der Waals surface area contributed by atoms with Crippen molar-refractivity contribution in [2.24, 2.45) is 7.05 Å². The van der Waals surface area contributed by atoms with Gasteiger partial charge in [-0.15, -0.1) is 0 Å². The molecule has 0 saturated carbocycles. The number of fused-ring (bicyclic) bond motifs is 1. The first-order valence-electron chi connectivity index (χ1n) is 9.79. The third kappa shape index (κ3) is 4.92. The smallest absolute Gasteiger partial charge is 0.337 e. The molecule has 1 aromatic heterocycles. The minimum absolute atomic E-state index is 0.109. The van der Waals surface area contributed by atoms with Gasteiger partial charge >= 0.3 is 17.8 Å². The third-order valence-corrected chi connectivity index (χ3v) is 5.14. The van der Waals surface area contributed by atoms with E-state index in [2.05, 4.69) is 15.4 Å². The number of esters is 1. The highest BCUT2D eigenvalue weighted by Gasteiger charge is 2.22. The van der Waals surface area contributed by atoms with Crippen LogP contribution in [0.2, 0.25) is 0 Å². The summed E-state index contributed by atoms with van der Waals surface area (Å²) >= 11 is 0. The quantitative estimate of drug-likeness (QED) is 0.470. The maximum Gasteiger partial charge on any atom is 0.337 e. The van der Waals surface area contributed by atoms with Crippen LogP contribution in [-0.2, 0) is 21.4 Å². The van der Waals surface area contributed by atoms with Crippen molar-refractivity contribution in [3.8, 4) is 0 Å². The molecule has 0 fully saturated rings. The van der Waals surface area contributed by atoms with Crippen molar-refractivity contribution < 1.29 is 19.1 Å². The minimum Gasteiger partial charge on any atom is -0.465 e. The number of nitrogens with one attached hydrogen (secondary N) is 2. The zero-order chi connectivity index (χ0) is 22.5. The van der Waals surface area contributed by atoms with E-state index < -0.39 is 17.8 Å². The van der Waals surface area contributed by atoms with E-state index in [4.69, 9.17) is 0 Å². The lowest BCUT2D eigenvalue weighted by Gasteiger charge is -2.24. The largest absolute Gasteiger partial charge is 0.465 e. The number of nitrogens with zero attached hydrogens (tertiary/aromatic N) is 2. The number of aryl methyl sites for hydroxylation is 1. The van der Waals surface area contributed by atoms with Crippen molar-refractivity contribution >= 4 is 34.4 Å². The number of amides is 2. The predicted molar refractivity (Wildman–Crippen MR) is 119 cm³/mol. The Bertz CT molecular complexity index is 1100. The zero-order valence-electron chi connectivity index (χ0n) is 18.0. The molecule has 0 aliphatic carbocycles. The van der Waals surface area contributed by atoms with Crippen LogP contribution in [0.25, 0.3) is 10.9 Å². The van der Waals surface area contributed by atoms with Crippen LogP contribution in [0.15, 0.2) is 54.7 Å². The van der Waals surface area contributed by atoms with Crippen molar-refractivity contribution in [2.75, 3.05) is 33.1 Å². The molecule has 0 radical (unpaired) electrons. The number of aromatic nitrogens is 1. The van der Waals surface area contributed by atoms with Gasteiger partial charge in [0.25, 0.3) is 0 Å². The number of rotatable bonds is 6. The average molecular weight is 422 g/mol. The molecule has 162 valence electrons. The summed E-state index contributed by atoms with van der Waals surface area (Å²) in [5.41, 5.74) is 2.94. The van der Waals surface area contributed by atoms with Gasteiger partial charge in [-0.1, -0.05) is 18.2 Å². The van der Waals surface area contributed by atoms with Gasteiger partial charge in [-0.25, -0.2) is 4.79 Å². The van der Waals surface area contributed by atoms with Crippen LogP contribution in [0.3, 0.4) is 0 Å². The highest BCUT2D eigenvalue weighted by Crippen LogP contribution is 2.28. The normalized spacial score (nSPS) is 11.9. The van der Waals surface area contributed by atoms with Crippen LogP contribution in [-0.4, -0.2) is 55.0 Å². The summed E-state index contributed by atoms with van der Waals surface area (Å²) in [6.07, 6.45) is 2.05. The minimum atomic E-state index is -0.777. The molecular weight excluding hydrogens is 396 g/mol. The van der Waals surface area contributed by atoms with Crippen molar-refractivity contribution in [1.29, 1.82) is 0 Å². The Morgan fingerprint density at radius 3 is 2.35 bits per heavy atom. The second-order valence-electron chi connectivity index (χ2n) is 7.42. The van der Waals surface area contributed by atoms with Crippen LogP contribution in [0.5, 0.6) is 0 Å².